The maximum absolute atomic E-state index is 11.4. The van der Waals surface area contributed by atoms with Crippen LogP contribution in [-0.2, 0) is 4.79 Å². The first-order valence-corrected chi connectivity index (χ1v) is 9.25. The molecule has 0 aromatic heterocycles. The van der Waals surface area contributed by atoms with Gasteiger partial charge >= 0.3 is 0 Å². The summed E-state index contributed by atoms with van der Waals surface area (Å²) >= 11 is 1.93. The molecule has 1 amide bonds. The van der Waals surface area contributed by atoms with Crippen LogP contribution in [0.5, 0.6) is 0 Å². The van der Waals surface area contributed by atoms with Gasteiger partial charge in [0.1, 0.15) is 0 Å². The lowest BCUT2D eigenvalue weighted by atomic mass is 9.93. The largest absolute Gasteiger partial charge is 0.369 e. The zero-order valence-electron chi connectivity index (χ0n) is 14.8. The Bertz CT molecular complexity index is 582. The summed E-state index contributed by atoms with van der Waals surface area (Å²) in [6.45, 7) is 7.67. The Kier molecular flexibility index (Phi) is 6.15. The van der Waals surface area contributed by atoms with Gasteiger partial charge in [-0.3, -0.25) is 9.79 Å². The van der Waals surface area contributed by atoms with Gasteiger partial charge in [-0.1, -0.05) is 18.2 Å². The molecule has 0 bridgehead atoms. The van der Waals surface area contributed by atoms with Crippen LogP contribution in [0.1, 0.15) is 33.6 Å². The van der Waals surface area contributed by atoms with Crippen molar-refractivity contribution >= 4 is 23.6 Å². The van der Waals surface area contributed by atoms with Gasteiger partial charge in [0.15, 0.2) is 5.96 Å². The number of nitrogens with two attached hydrogens (primary N) is 1. The average molecular weight is 349 g/mol. The maximum atomic E-state index is 11.4. The molecule has 0 heterocycles. The van der Waals surface area contributed by atoms with Crippen molar-refractivity contribution in [2.24, 2.45) is 16.1 Å². The lowest BCUT2D eigenvalue weighted by molar-refractivity contribution is -0.125. The standard InChI is InChI=1S/C18H28N4OS/c1-4-20-16(21-12-17(2,3)15(19)23)22-13-18(10-11-18)24-14-8-6-5-7-9-14/h5-9H,4,10-13H2,1-3H3,(H2,19,23)(H2,20,21,22). The van der Waals surface area contributed by atoms with Crippen LogP contribution < -0.4 is 16.4 Å². The second-order valence-corrected chi connectivity index (χ2v) is 8.44. The van der Waals surface area contributed by atoms with Crippen molar-refractivity contribution in [2.75, 3.05) is 19.6 Å². The Morgan fingerprint density at radius 1 is 1.29 bits per heavy atom. The first-order valence-electron chi connectivity index (χ1n) is 8.43. The minimum atomic E-state index is -0.640. The molecule has 0 radical (unpaired) electrons. The molecule has 6 heteroatoms. The van der Waals surface area contributed by atoms with Gasteiger partial charge in [-0.15, -0.1) is 11.8 Å². The number of benzene rings is 1. The summed E-state index contributed by atoms with van der Waals surface area (Å²) in [5.74, 6) is 0.409. The Morgan fingerprint density at radius 3 is 2.50 bits per heavy atom. The highest BCUT2D eigenvalue weighted by molar-refractivity contribution is 8.01. The van der Waals surface area contributed by atoms with Gasteiger partial charge in [0, 0.05) is 22.7 Å². The lowest BCUT2D eigenvalue weighted by Gasteiger charge is -2.21. The second kappa shape index (κ2) is 7.92. The summed E-state index contributed by atoms with van der Waals surface area (Å²) < 4.78 is 0.247. The summed E-state index contributed by atoms with van der Waals surface area (Å²) in [4.78, 5) is 17.3. The highest BCUT2D eigenvalue weighted by atomic mass is 32.2. The Labute approximate surface area is 148 Å². The van der Waals surface area contributed by atoms with E-state index in [1.54, 1.807) is 0 Å². The summed E-state index contributed by atoms with van der Waals surface area (Å²) in [6.07, 6.45) is 2.40. The van der Waals surface area contributed by atoms with Crippen LogP contribution in [0.3, 0.4) is 0 Å². The van der Waals surface area contributed by atoms with Gasteiger partial charge in [0.25, 0.3) is 0 Å². The molecule has 0 saturated heterocycles. The Balaban J connectivity index is 1.92. The molecule has 24 heavy (non-hydrogen) atoms. The van der Waals surface area contributed by atoms with Crippen molar-refractivity contribution in [3.8, 4) is 0 Å². The second-order valence-electron chi connectivity index (χ2n) is 6.89. The van der Waals surface area contributed by atoms with Crippen molar-refractivity contribution in [3.05, 3.63) is 30.3 Å². The number of hydrogen-bond donors (Lipinski definition) is 3. The molecule has 1 aliphatic carbocycles. The van der Waals surface area contributed by atoms with Crippen LogP contribution in [0.25, 0.3) is 0 Å². The molecule has 1 aliphatic rings. The SMILES string of the molecule is CCNC(=NCC(C)(C)C(N)=O)NCC1(Sc2ccccc2)CC1. The Hall–Kier alpha value is -1.69. The summed E-state index contributed by atoms with van der Waals surface area (Å²) in [5, 5.41) is 6.66. The zero-order chi connectivity index (χ0) is 17.6. The van der Waals surface area contributed by atoms with E-state index in [-0.39, 0.29) is 10.7 Å². The number of carbonyl (C=O) groups is 1. The van der Waals surface area contributed by atoms with Crippen LogP contribution in [-0.4, -0.2) is 36.2 Å². The van der Waals surface area contributed by atoms with Gasteiger partial charge in [-0.2, -0.15) is 0 Å². The third-order valence-corrected chi connectivity index (χ3v) is 5.60. The van der Waals surface area contributed by atoms with E-state index in [1.807, 2.05) is 38.6 Å². The van der Waals surface area contributed by atoms with Gasteiger partial charge in [0.05, 0.1) is 12.0 Å². The van der Waals surface area contributed by atoms with E-state index in [9.17, 15) is 4.79 Å². The predicted molar refractivity (Wildman–Crippen MR) is 101 cm³/mol. The summed E-state index contributed by atoms with van der Waals surface area (Å²) in [7, 11) is 0. The van der Waals surface area contributed by atoms with Crippen LogP contribution in [0.15, 0.2) is 40.2 Å². The number of nitrogens with zero attached hydrogens (tertiary/aromatic N) is 1. The van der Waals surface area contributed by atoms with E-state index >= 15 is 0 Å². The number of amides is 1. The summed E-state index contributed by atoms with van der Waals surface area (Å²) in [5.41, 5.74) is 4.78. The van der Waals surface area contributed by atoms with Crippen LogP contribution >= 0.6 is 11.8 Å². The summed E-state index contributed by atoms with van der Waals surface area (Å²) in [6, 6.07) is 10.5. The third-order valence-electron chi connectivity index (χ3n) is 4.11. The number of thioether (sulfide) groups is 1. The number of guanidine groups is 1. The molecule has 1 saturated carbocycles. The fourth-order valence-electron chi connectivity index (χ4n) is 2.13. The highest BCUT2D eigenvalue weighted by Crippen LogP contribution is 2.51. The van der Waals surface area contributed by atoms with Crippen molar-refractivity contribution in [1.29, 1.82) is 0 Å². The van der Waals surface area contributed by atoms with E-state index in [2.05, 4.69) is 39.9 Å². The van der Waals surface area contributed by atoms with Crippen molar-refractivity contribution < 1.29 is 4.79 Å². The first kappa shape index (κ1) is 18.6. The molecule has 5 nitrogen and oxygen atoms in total. The molecule has 0 unspecified atom stereocenters. The molecule has 2 rings (SSSR count). The maximum Gasteiger partial charge on any atom is 0.224 e. The number of rotatable bonds is 8. The molecule has 0 aliphatic heterocycles. The molecular weight excluding hydrogens is 320 g/mol. The van der Waals surface area contributed by atoms with Gasteiger partial charge in [-0.05, 0) is 45.7 Å². The van der Waals surface area contributed by atoms with Crippen LogP contribution in [0.2, 0.25) is 0 Å². The molecule has 132 valence electrons. The molecule has 1 aromatic rings. The molecular formula is C18H28N4OS. The van der Waals surface area contributed by atoms with E-state index in [0.717, 1.165) is 19.0 Å². The predicted octanol–water partition coefficient (Wildman–Crippen LogP) is 2.38. The number of aliphatic imine (C=N–C) groups is 1. The van der Waals surface area contributed by atoms with Crippen LogP contribution in [0, 0.1) is 5.41 Å². The van der Waals surface area contributed by atoms with Crippen LogP contribution in [0.4, 0.5) is 0 Å². The molecule has 1 aromatic carbocycles. The fraction of sp³-hybridized carbons (Fsp3) is 0.556. The van der Waals surface area contributed by atoms with Gasteiger partial charge < -0.3 is 16.4 Å². The highest BCUT2D eigenvalue weighted by Gasteiger charge is 2.43. The van der Waals surface area contributed by atoms with E-state index in [1.165, 1.54) is 17.7 Å². The number of hydrogen-bond acceptors (Lipinski definition) is 3. The van der Waals surface area contributed by atoms with Crippen molar-refractivity contribution in [1.82, 2.24) is 10.6 Å². The molecule has 4 N–H and O–H groups in total. The van der Waals surface area contributed by atoms with E-state index in [4.69, 9.17) is 5.73 Å². The van der Waals surface area contributed by atoms with Crippen molar-refractivity contribution in [3.63, 3.8) is 0 Å². The van der Waals surface area contributed by atoms with E-state index < -0.39 is 5.41 Å². The third kappa shape index (κ3) is 5.44. The molecule has 0 atom stereocenters. The number of carbonyl (C=O) groups excluding carboxylic acids is 1. The molecule has 1 fully saturated rings. The smallest absolute Gasteiger partial charge is 0.224 e. The topological polar surface area (TPSA) is 79.5 Å². The normalized spacial score (nSPS) is 16.5. The minimum Gasteiger partial charge on any atom is -0.369 e. The fourth-order valence-corrected chi connectivity index (χ4v) is 3.38. The molecule has 0 spiro atoms. The van der Waals surface area contributed by atoms with Gasteiger partial charge in [0.2, 0.25) is 5.91 Å². The number of primary amides is 1. The zero-order valence-corrected chi connectivity index (χ0v) is 15.6. The quantitative estimate of drug-likeness (QED) is 0.498. The van der Waals surface area contributed by atoms with E-state index in [0.29, 0.717) is 6.54 Å². The van der Waals surface area contributed by atoms with Gasteiger partial charge in [-0.25, -0.2) is 0 Å². The minimum absolute atomic E-state index is 0.247. The number of nitrogens with one attached hydrogen (secondary N) is 2. The Morgan fingerprint density at radius 2 is 1.96 bits per heavy atom. The first-order chi connectivity index (χ1) is 11.4. The lowest BCUT2D eigenvalue weighted by Crippen LogP contribution is -2.42. The van der Waals surface area contributed by atoms with Crippen molar-refractivity contribution in [2.45, 2.75) is 43.3 Å². The monoisotopic (exact) mass is 348 g/mol. The average Bonchev–Trinajstić information content (AvgIpc) is 3.31.